The number of H-pyrrole nitrogens is 1. The fourth-order valence-electron chi connectivity index (χ4n) is 4.21. The van der Waals surface area contributed by atoms with Crippen molar-refractivity contribution < 1.29 is 9.59 Å². The van der Waals surface area contributed by atoms with E-state index in [4.69, 9.17) is 0 Å². The highest BCUT2D eigenvalue weighted by atomic mass is 16.2. The number of aromatic amines is 1. The Kier molecular flexibility index (Phi) is 3.92. The Hall–Kier alpha value is -3.16. The standard InChI is InChI=1S/C20H22N6O2/c1-25-15(9-11-22-25)18-14(5-7-17(27)26(18)13-3-4-13)20(28)24-16-6-2-12-8-10-21-19(12)23-16/h2,6,8-11,13-14,18H,3-5,7H2,1H3,(H2,21,23,24,28)/t14-,18+/m1/s1. The summed E-state index contributed by atoms with van der Waals surface area (Å²) >= 11 is 0. The maximum Gasteiger partial charge on any atom is 0.231 e. The van der Waals surface area contributed by atoms with Crippen LogP contribution in [0.2, 0.25) is 0 Å². The molecule has 28 heavy (non-hydrogen) atoms. The Morgan fingerprint density at radius 3 is 2.82 bits per heavy atom. The van der Waals surface area contributed by atoms with Crippen molar-refractivity contribution in [2.75, 3.05) is 5.32 Å². The van der Waals surface area contributed by atoms with Gasteiger partial charge in [0.1, 0.15) is 11.5 Å². The lowest BCUT2D eigenvalue weighted by molar-refractivity contribution is -0.143. The summed E-state index contributed by atoms with van der Waals surface area (Å²) in [7, 11) is 1.86. The molecule has 0 radical (unpaired) electrons. The maximum absolute atomic E-state index is 13.2. The molecule has 2 atom stereocenters. The molecular formula is C20H22N6O2. The maximum atomic E-state index is 13.2. The summed E-state index contributed by atoms with van der Waals surface area (Å²) in [5.74, 6) is 0.194. The van der Waals surface area contributed by atoms with Crippen LogP contribution in [0, 0.1) is 5.92 Å². The van der Waals surface area contributed by atoms with Gasteiger partial charge in [-0.15, -0.1) is 0 Å². The Bertz CT molecular complexity index is 1050. The van der Waals surface area contributed by atoms with Crippen LogP contribution >= 0.6 is 0 Å². The van der Waals surface area contributed by atoms with Crippen molar-refractivity contribution in [3.63, 3.8) is 0 Å². The van der Waals surface area contributed by atoms with E-state index >= 15 is 0 Å². The van der Waals surface area contributed by atoms with Crippen LogP contribution in [0.5, 0.6) is 0 Å². The molecule has 1 aliphatic heterocycles. The third-order valence-electron chi connectivity index (χ3n) is 5.74. The van der Waals surface area contributed by atoms with Crippen LogP contribution in [0.4, 0.5) is 5.82 Å². The molecule has 4 heterocycles. The molecule has 0 spiro atoms. The van der Waals surface area contributed by atoms with Gasteiger partial charge in [-0.1, -0.05) is 0 Å². The van der Waals surface area contributed by atoms with Gasteiger partial charge in [0.25, 0.3) is 0 Å². The van der Waals surface area contributed by atoms with Gasteiger partial charge in [0.05, 0.1) is 17.7 Å². The molecule has 2 N–H and O–H groups in total. The predicted octanol–water partition coefficient (Wildman–Crippen LogP) is 2.38. The van der Waals surface area contributed by atoms with Gasteiger partial charge >= 0.3 is 0 Å². The molecule has 0 aromatic carbocycles. The Morgan fingerprint density at radius 2 is 2.07 bits per heavy atom. The predicted molar refractivity (Wildman–Crippen MR) is 103 cm³/mol. The lowest BCUT2D eigenvalue weighted by atomic mass is 9.85. The third kappa shape index (κ3) is 2.85. The second-order valence-corrected chi connectivity index (χ2v) is 7.60. The summed E-state index contributed by atoms with van der Waals surface area (Å²) in [6, 6.07) is 7.51. The minimum atomic E-state index is -0.338. The van der Waals surface area contributed by atoms with E-state index in [-0.39, 0.29) is 29.8 Å². The van der Waals surface area contributed by atoms with Crippen LogP contribution in [0.3, 0.4) is 0 Å². The zero-order chi connectivity index (χ0) is 19.3. The molecule has 3 aromatic heterocycles. The van der Waals surface area contributed by atoms with E-state index in [0.29, 0.717) is 18.7 Å². The summed E-state index contributed by atoms with van der Waals surface area (Å²) < 4.78 is 1.77. The molecule has 8 nitrogen and oxygen atoms in total. The average Bonchev–Trinajstić information content (AvgIpc) is 3.25. The number of aromatic nitrogens is 4. The van der Waals surface area contributed by atoms with Crippen LogP contribution in [-0.2, 0) is 16.6 Å². The van der Waals surface area contributed by atoms with E-state index in [1.54, 1.807) is 16.9 Å². The van der Waals surface area contributed by atoms with Gasteiger partial charge in [0.2, 0.25) is 11.8 Å². The van der Waals surface area contributed by atoms with Crippen LogP contribution in [0.15, 0.2) is 36.7 Å². The number of anilines is 1. The van der Waals surface area contributed by atoms with Crippen molar-refractivity contribution in [2.24, 2.45) is 13.0 Å². The second-order valence-electron chi connectivity index (χ2n) is 7.60. The first-order valence-corrected chi connectivity index (χ1v) is 9.66. The molecule has 0 bridgehead atoms. The van der Waals surface area contributed by atoms with Crippen molar-refractivity contribution in [2.45, 2.75) is 37.8 Å². The molecule has 2 fully saturated rings. The number of rotatable bonds is 4. The first kappa shape index (κ1) is 17.0. The number of pyridine rings is 1. The zero-order valence-corrected chi connectivity index (χ0v) is 15.6. The number of aryl methyl sites for hydroxylation is 1. The van der Waals surface area contributed by atoms with Crippen molar-refractivity contribution in [1.29, 1.82) is 0 Å². The summed E-state index contributed by atoms with van der Waals surface area (Å²) in [6.07, 6.45) is 6.45. The summed E-state index contributed by atoms with van der Waals surface area (Å²) in [5.41, 5.74) is 1.63. The molecule has 144 valence electrons. The first-order valence-electron chi connectivity index (χ1n) is 9.66. The van der Waals surface area contributed by atoms with E-state index in [1.807, 2.05) is 36.3 Å². The van der Waals surface area contributed by atoms with E-state index in [0.717, 1.165) is 29.6 Å². The number of amides is 2. The van der Waals surface area contributed by atoms with Gasteiger partial charge in [-0.2, -0.15) is 5.10 Å². The van der Waals surface area contributed by atoms with Crippen molar-refractivity contribution in [3.8, 4) is 0 Å². The average molecular weight is 378 g/mol. The highest BCUT2D eigenvalue weighted by molar-refractivity contribution is 5.95. The van der Waals surface area contributed by atoms with E-state index in [9.17, 15) is 9.59 Å². The molecular weight excluding hydrogens is 356 g/mol. The van der Waals surface area contributed by atoms with Crippen molar-refractivity contribution in [1.82, 2.24) is 24.6 Å². The number of hydrogen-bond donors (Lipinski definition) is 2. The number of nitrogens with zero attached hydrogens (tertiary/aromatic N) is 4. The van der Waals surface area contributed by atoms with Crippen molar-refractivity contribution >= 4 is 28.7 Å². The van der Waals surface area contributed by atoms with Crippen LogP contribution in [0.1, 0.15) is 37.4 Å². The quantitative estimate of drug-likeness (QED) is 0.729. The minimum absolute atomic E-state index is 0.109. The number of nitrogens with one attached hydrogen (secondary N) is 2. The number of fused-ring (bicyclic) bond motifs is 1. The smallest absolute Gasteiger partial charge is 0.231 e. The fraction of sp³-hybridized carbons (Fsp3) is 0.400. The molecule has 1 saturated heterocycles. The van der Waals surface area contributed by atoms with Crippen LogP contribution in [0.25, 0.3) is 11.0 Å². The van der Waals surface area contributed by atoms with E-state index in [1.165, 1.54) is 0 Å². The Morgan fingerprint density at radius 1 is 1.21 bits per heavy atom. The van der Waals surface area contributed by atoms with Gasteiger partial charge in [-0.05, 0) is 43.5 Å². The number of likely N-dealkylation sites (tertiary alicyclic amines) is 1. The summed E-state index contributed by atoms with van der Waals surface area (Å²) in [5, 5.41) is 8.22. The van der Waals surface area contributed by atoms with Gasteiger partial charge in [-0.3, -0.25) is 14.3 Å². The molecule has 3 aromatic rings. The number of carbonyl (C=O) groups is 2. The number of carbonyl (C=O) groups excluding carboxylic acids is 2. The highest BCUT2D eigenvalue weighted by Gasteiger charge is 2.47. The Balaban J connectivity index is 1.46. The number of hydrogen-bond acceptors (Lipinski definition) is 4. The molecule has 1 aliphatic carbocycles. The topological polar surface area (TPSA) is 95.9 Å². The molecule has 2 aliphatic rings. The fourth-order valence-corrected chi connectivity index (χ4v) is 4.21. The van der Waals surface area contributed by atoms with Crippen molar-refractivity contribution in [3.05, 3.63) is 42.4 Å². The first-order chi connectivity index (χ1) is 13.6. The zero-order valence-electron chi connectivity index (χ0n) is 15.6. The minimum Gasteiger partial charge on any atom is -0.346 e. The molecule has 1 saturated carbocycles. The van der Waals surface area contributed by atoms with Gasteiger partial charge < -0.3 is 15.2 Å². The SMILES string of the molecule is Cn1nccc1[C@@H]1[C@H](C(=O)Nc2ccc3cc[nH]c3n2)CCC(=O)N1C1CC1. The monoisotopic (exact) mass is 378 g/mol. The molecule has 0 unspecified atom stereocenters. The largest absolute Gasteiger partial charge is 0.346 e. The highest BCUT2D eigenvalue weighted by Crippen LogP contribution is 2.43. The van der Waals surface area contributed by atoms with Crippen LogP contribution in [-0.4, -0.2) is 42.5 Å². The van der Waals surface area contributed by atoms with Gasteiger partial charge in [0, 0.05) is 37.3 Å². The summed E-state index contributed by atoms with van der Waals surface area (Å²) in [6.45, 7) is 0. The normalized spacial score (nSPS) is 22.6. The van der Waals surface area contributed by atoms with E-state index in [2.05, 4.69) is 20.4 Å². The molecule has 5 rings (SSSR count). The van der Waals surface area contributed by atoms with Crippen LogP contribution < -0.4 is 5.32 Å². The second kappa shape index (κ2) is 6.47. The van der Waals surface area contributed by atoms with Gasteiger partial charge in [0.15, 0.2) is 0 Å². The molecule has 2 amide bonds. The summed E-state index contributed by atoms with van der Waals surface area (Å²) in [4.78, 5) is 35.4. The molecule has 8 heteroatoms. The lowest BCUT2D eigenvalue weighted by Gasteiger charge is -2.40. The number of piperidine rings is 1. The van der Waals surface area contributed by atoms with Gasteiger partial charge in [-0.25, -0.2) is 4.98 Å². The lowest BCUT2D eigenvalue weighted by Crippen LogP contribution is -2.48. The third-order valence-corrected chi connectivity index (χ3v) is 5.74. The Labute approximate surface area is 161 Å². The van der Waals surface area contributed by atoms with E-state index < -0.39 is 0 Å².